The van der Waals surface area contributed by atoms with Gasteiger partial charge in [-0.3, -0.25) is 4.79 Å². The zero-order valence-electron chi connectivity index (χ0n) is 13.9. The molecule has 0 saturated heterocycles. The summed E-state index contributed by atoms with van der Waals surface area (Å²) in [6.45, 7) is 1.82. The van der Waals surface area contributed by atoms with Gasteiger partial charge in [-0.2, -0.15) is 0 Å². The molecule has 0 bridgehead atoms. The third kappa shape index (κ3) is 3.61. The van der Waals surface area contributed by atoms with Crippen molar-refractivity contribution in [2.75, 3.05) is 0 Å². The maximum absolute atomic E-state index is 14.0. The zero-order chi connectivity index (χ0) is 17.9. The topological polar surface area (TPSA) is 34.1 Å². The van der Waals surface area contributed by atoms with E-state index in [1.807, 2.05) is 49.4 Å². The van der Waals surface area contributed by atoms with Crippen LogP contribution in [-0.2, 0) is 10.7 Å². The van der Waals surface area contributed by atoms with Crippen LogP contribution in [-0.4, -0.2) is 5.52 Å². The molecule has 3 aromatic rings. The average molecular weight is 369 g/mol. The second kappa shape index (κ2) is 7.39. The van der Waals surface area contributed by atoms with Crippen molar-refractivity contribution in [2.24, 2.45) is 0 Å². The van der Waals surface area contributed by atoms with Crippen molar-refractivity contribution >= 4 is 29.6 Å². The summed E-state index contributed by atoms with van der Waals surface area (Å²) in [6.07, 6.45) is 0.182. The summed E-state index contributed by atoms with van der Waals surface area (Å²) < 4.78 is 14.0. The number of hydrogen-bond acceptors (Lipinski definition) is 2. The van der Waals surface area contributed by atoms with E-state index in [0.29, 0.717) is 15.9 Å². The molecule has 0 aromatic heterocycles. The van der Waals surface area contributed by atoms with E-state index in [-0.39, 0.29) is 11.7 Å². The Labute approximate surface area is 152 Å². The van der Waals surface area contributed by atoms with Gasteiger partial charge in [0.1, 0.15) is 0 Å². The highest BCUT2D eigenvalue weighted by molar-refractivity contribution is 7.86. The molecule has 1 unspecified atom stereocenters. The smallest absolute Gasteiger partial charge is 0.227 e. The highest BCUT2D eigenvalue weighted by Gasteiger charge is 2.36. The molecule has 4 heteroatoms. The minimum Gasteiger partial charge on any atom is -0.310 e. The minimum absolute atomic E-state index is 0.182. The van der Waals surface area contributed by atoms with E-state index < -0.39 is 7.14 Å². The van der Waals surface area contributed by atoms with E-state index in [1.165, 1.54) is 0 Å². The Kier molecular flexibility index (Phi) is 5.22. The summed E-state index contributed by atoms with van der Waals surface area (Å²) in [5, 5.41) is 0.900. The van der Waals surface area contributed by atoms with Gasteiger partial charge in [-0.1, -0.05) is 84.4 Å². The van der Waals surface area contributed by atoms with Gasteiger partial charge >= 0.3 is 0 Å². The molecule has 25 heavy (non-hydrogen) atoms. The molecule has 0 heterocycles. The predicted molar refractivity (Wildman–Crippen MR) is 104 cm³/mol. The van der Waals surface area contributed by atoms with Crippen molar-refractivity contribution in [3.05, 3.63) is 101 Å². The van der Waals surface area contributed by atoms with Crippen LogP contribution in [0.4, 0.5) is 0 Å². The monoisotopic (exact) mass is 368 g/mol. The fourth-order valence-electron chi connectivity index (χ4n) is 2.87. The molecule has 0 aliphatic heterocycles. The Balaban J connectivity index is 2.15. The van der Waals surface area contributed by atoms with Crippen molar-refractivity contribution < 1.29 is 9.36 Å². The van der Waals surface area contributed by atoms with Crippen LogP contribution in [0.5, 0.6) is 0 Å². The Morgan fingerprint density at radius 2 is 1.48 bits per heavy atom. The molecule has 0 aliphatic rings. The van der Waals surface area contributed by atoms with Gasteiger partial charge < -0.3 is 4.57 Å². The molecule has 0 N–H and O–H groups in total. The quantitative estimate of drug-likeness (QED) is 0.543. The lowest BCUT2D eigenvalue weighted by molar-refractivity contribution is 0.107. The van der Waals surface area contributed by atoms with Crippen LogP contribution in [0.3, 0.4) is 0 Å². The SMILES string of the molecule is Cc1cccc(Cl)c1C(=O)P(=O)(Cc1ccccc1)c1ccccc1. The van der Waals surface area contributed by atoms with Crippen molar-refractivity contribution in [1.82, 2.24) is 0 Å². The van der Waals surface area contributed by atoms with E-state index in [4.69, 9.17) is 11.6 Å². The van der Waals surface area contributed by atoms with Crippen LogP contribution in [0.1, 0.15) is 21.5 Å². The van der Waals surface area contributed by atoms with E-state index in [9.17, 15) is 9.36 Å². The summed E-state index contributed by atoms with van der Waals surface area (Å²) in [4.78, 5) is 13.4. The third-order valence-electron chi connectivity index (χ3n) is 4.19. The maximum Gasteiger partial charge on any atom is 0.227 e. The van der Waals surface area contributed by atoms with E-state index >= 15 is 0 Å². The van der Waals surface area contributed by atoms with Crippen LogP contribution in [0.2, 0.25) is 5.02 Å². The van der Waals surface area contributed by atoms with Crippen molar-refractivity contribution in [2.45, 2.75) is 13.1 Å². The number of rotatable bonds is 5. The molecule has 0 spiro atoms. The van der Waals surface area contributed by atoms with E-state index in [2.05, 4.69) is 0 Å². The van der Waals surface area contributed by atoms with Crippen LogP contribution in [0.15, 0.2) is 78.9 Å². The molecule has 0 amide bonds. The summed E-state index contributed by atoms with van der Waals surface area (Å²) in [5.74, 6) is 0. The molecule has 126 valence electrons. The van der Waals surface area contributed by atoms with Crippen molar-refractivity contribution in [3.63, 3.8) is 0 Å². The molecule has 1 atom stereocenters. The first-order valence-corrected chi connectivity index (χ1v) is 10.3. The maximum atomic E-state index is 14.0. The Hall–Kier alpha value is -2.15. The molecule has 2 nitrogen and oxygen atoms in total. The molecule has 3 aromatic carbocycles. The molecule has 0 radical (unpaired) electrons. The van der Waals surface area contributed by atoms with Gasteiger partial charge in [-0.15, -0.1) is 0 Å². The van der Waals surface area contributed by atoms with Crippen LogP contribution < -0.4 is 5.30 Å². The number of aryl methyl sites for hydroxylation is 1. The van der Waals surface area contributed by atoms with Crippen LogP contribution in [0, 0.1) is 6.92 Å². The van der Waals surface area contributed by atoms with Gasteiger partial charge in [0.25, 0.3) is 0 Å². The highest BCUT2D eigenvalue weighted by Crippen LogP contribution is 2.52. The largest absolute Gasteiger partial charge is 0.310 e. The Morgan fingerprint density at radius 1 is 0.880 bits per heavy atom. The Bertz CT molecular complexity index is 916. The van der Waals surface area contributed by atoms with Crippen molar-refractivity contribution in [3.8, 4) is 0 Å². The fourth-order valence-corrected chi connectivity index (χ4v) is 5.84. The summed E-state index contributed by atoms with van der Waals surface area (Å²) >= 11 is 6.28. The average Bonchev–Trinajstić information content (AvgIpc) is 2.63. The van der Waals surface area contributed by atoms with Gasteiger partial charge in [0.2, 0.25) is 5.52 Å². The number of benzene rings is 3. The number of halogens is 1. The Morgan fingerprint density at radius 3 is 2.08 bits per heavy atom. The number of hydrogen-bond donors (Lipinski definition) is 0. The van der Waals surface area contributed by atoms with Gasteiger partial charge in [-0.05, 0) is 24.1 Å². The number of carbonyl (C=O) groups is 1. The number of carbonyl (C=O) groups excluding carboxylic acids is 1. The van der Waals surface area contributed by atoms with E-state index in [1.54, 1.807) is 36.4 Å². The molecular weight excluding hydrogens is 351 g/mol. The van der Waals surface area contributed by atoms with Crippen LogP contribution >= 0.6 is 18.7 Å². The lowest BCUT2D eigenvalue weighted by Gasteiger charge is -2.19. The first-order chi connectivity index (χ1) is 12.0. The fraction of sp³-hybridized carbons (Fsp3) is 0.0952. The predicted octanol–water partition coefficient (Wildman–Crippen LogP) is 5.68. The minimum atomic E-state index is -3.38. The van der Waals surface area contributed by atoms with E-state index in [0.717, 1.165) is 11.1 Å². The van der Waals surface area contributed by atoms with Crippen molar-refractivity contribution in [1.29, 1.82) is 0 Å². The summed E-state index contributed by atoms with van der Waals surface area (Å²) in [6, 6.07) is 23.7. The normalized spacial score (nSPS) is 13.2. The van der Waals surface area contributed by atoms with Gasteiger partial charge in [-0.25, -0.2) is 0 Å². The standard InChI is InChI=1S/C21H18ClO2P/c1-16-9-8-14-19(22)20(16)21(23)25(24,18-12-6-3-7-13-18)15-17-10-4-2-5-11-17/h2-14H,15H2,1H3. The molecule has 3 rings (SSSR count). The first kappa shape index (κ1) is 17.7. The van der Waals surface area contributed by atoms with Gasteiger partial charge in [0, 0.05) is 17.0 Å². The molecule has 0 fully saturated rings. The summed E-state index contributed by atoms with van der Waals surface area (Å²) in [7, 11) is -3.38. The second-order valence-corrected chi connectivity index (χ2v) is 9.08. The molecular formula is C21H18ClO2P. The van der Waals surface area contributed by atoms with Gasteiger partial charge in [0.05, 0.1) is 5.02 Å². The zero-order valence-corrected chi connectivity index (χ0v) is 15.5. The lowest BCUT2D eigenvalue weighted by atomic mass is 10.1. The second-order valence-electron chi connectivity index (χ2n) is 5.96. The first-order valence-electron chi connectivity index (χ1n) is 8.01. The lowest BCUT2D eigenvalue weighted by Crippen LogP contribution is -2.16. The molecule has 0 saturated carbocycles. The third-order valence-corrected chi connectivity index (χ3v) is 7.32. The molecule has 0 aliphatic carbocycles. The highest BCUT2D eigenvalue weighted by atomic mass is 35.5. The summed E-state index contributed by atoms with van der Waals surface area (Å²) in [5.41, 5.74) is 1.58. The van der Waals surface area contributed by atoms with Gasteiger partial charge in [0.15, 0.2) is 7.14 Å². The van der Waals surface area contributed by atoms with Crippen LogP contribution in [0.25, 0.3) is 0 Å².